The number of nitrogens with one attached hydrogen (secondary N) is 1. The molecule has 0 spiro atoms. The van der Waals surface area contributed by atoms with Gasteiger partial charge in [-0.05, 0) is 89.9 Å². The van der Waals surface area contributed by atoms with Crippen LogP contribution in [-0.4, -0.2) is 9.97 Å². The minimum atomic E-state index is 0. The van der Waals surface area contributed by atoms with E-state index in [0.29, 0.717) is 0 Å². The molecule has 1 aromatic carbocycles. The lowest BCUT2D eigenvalue weighted by Gasteiger charge is -2.02. The minimum Gasteiger partial charge on any atom is -0.399 e. The average molecular weight is 346 g/mol. The first kappa shape index (κ1) is 21.5. The second kappa shape index (κ2) is 13.0. The van der Waals surface area contributed by atoms with Gasteiger partial charge in [-0.25, -0.2) is 9.97 Å². The van der Waals surface area contributed by atoms with E-state index < -0.39 is 0 Å². The number of aromatic nitrogens is 2. The van der Waals surface area contributed by atoms with Crippen LogP contribution in [-0.2, 0) is 0 Å². The number of hydrogen-bond acceptors (Lipinski definition) is 4. The fraction of sp³-hybridized carbons (Fsp3) is 0.100. The van der Waals surface area contributed by atoms with Gasteiger partial charge in [-0.2, -0.15) is 0 Å². The molecule has 132 valence electrons. The van der Waals surface area contributed by atoms with Crippen LogP contribution in [0.4, 0.5) is 5.69 Å². The largest absolute Gasteiger partial charge is 0.399 e. The second-order valence-electron chi connectivity index (χ2n) is 4.28. The van der Waals surface area contributed by atoms with Crippen molar-refractivity contribution < 1.29 is 5.71 Å². The highest BCUT2D eigenvalue weighted by atomic mass is 15.0. The second-order valence-corrected chi connectivity index (χ2v) is 4.28. The van der Waals surface area contributed by atoms with Gasteiger partial charge < -0.3 is 5.73 Å². The maximum absolute atomic E-state index is 6.86. The Bertz CT molecular complexity index is 1060. The van der Waals surface area contributed by atoms with Crippen molar-refractivity contribution in [3.8, 4) is 60.2 Å². The zero-order valence-electron chi connectivity index (χ0n) is 14.3. The van der Waals surface area contributed by atoms with Crippen LogP contribution < -0.4 is 5.73 Å². The van der Waals surface area contributed by atoms with Gasteiger partial charge in [0.15, 0.2) is 0 Å². The zero-order chi connectivity index (χ0) is 19.8. The molecule has 0 saturated carbocycles. The Kier molecular flexibility index (Phi) is 10.7. The van der Waals surface area contributed by atoms with E-state index in [1.165, 1.54) is 0 Å². The number of rotatable bonds is 0. The molecule has 0 saturated heterocycles. The Hall–Kier alpha value is -4.53. The smallest absolute Gasteiger partial charge is 0.0910 e. The molecule has 3 N–H and O–H groups in total. The van der Waals surface area contributed by atoms with Crippen molar-refractivity contribution in [2.75, 3.05) is 5.73 Å². The Morgan fingerprint density at radius 3 is 1.85 bits per heavy atom. The van der Waals surface area contributed by atoms with Gasteiger partial charge in [0, 0.05) is 11.4 Å². The molecule has 2 aromatic rings. The fourth-order valence-corrected chi connectivity index (χ4v) is 1.44. The lowest BCUT2D eigenvalue weighted by Crippen LogP contribution is -1.94. The number of nitrogen functional groups attached to an aromatic ring is 1. The molecular formula is C20H22N6. The van der Waals surface area contributed by atoms with Crippen molar-refractivity contribution in [3.63, 3.8) is 0 Å². The number of aryl methyl sites for hydroxylation is 2. The summed E-state index contributed by atoms with van der Waals surface area (Å²) in [7, 11) is 0. The van der Waals surface area contributed by atoms with Crippen LogP contribution in [0.5, 0.6) is 0 Å². The standard InChI is InChI=1S/C10H11N3.C10H2.HN3.4H2/c1-6-7(2)13-10-5-8(11)3-4-9(10)12-6;1-3-5-7-9-10-8-6-4-2;1-3-2;;;;/h3-5H,11H2,1-2H3;1-2H;1H;4*1H. The third-order valence-corrected chi connectivity index (χ3v) is 2.56. The first-order chi connectivity index (χ1) is 12.5. The van der Waals surface area contributed by atoms with Gasteiger partial charge in [-0.15, -0.1) is 18.4 Å². The molecule has 0 aliphatic rings. The zero-order valence-corrected chi connectivity index (χ0v) is 14.3. The van der Waals surface area contributed by atoms with Gasteiger partial charge in [0.25, 0.3) is 0 Å². The van der Waals surface area contributed by atoms with Gasteiger partial charge in [0.2, 0.25) is 0 Å². The molecule has 0 atom stereocenters. The van der Waals surface area contributed by atoms with Gasteiger partial charge in [0.05, 0.1) is 22.4 Å². The number of terminal acetylenes is 2. The van der Waals surface area contributed by atoms with Gasteiger partial charge in [-0.1, -0.05) is 0 Å². The summed E-state index contributed by atoms with van der Waals surface area (Å²) in [6, 6.07) is 5.57. The van der Waals surface area contributed by atoms with E-state index in [-0.39, 0.29) is 5.71 Å². The highest BCUT2D eigenvalue weighted by Gasteiger charge is 2.00. The molecular weight excluding hydrogens is 324 g/mol. The number of fused-ring (bicyclic) bond motifs is 1. The predicted octanol–water partition coefficient (Wildman–Crippen LogP) is 3.95. The summed E-state index contributed by atoms with van der Waals surface area (Å²) < 4.78 is 0. The van der Waals surface area contributed by atoms with Crippen molar-refractivity contribution in [1.29, 1.82) is 5.53 Å². The maximum atomic E-state index is 6.86. The molecule has 0 bridgehead atoms. The first-order valence-electron chi connectivity index (χ1n) is 6.92. The molecule has 0 aliphatic carbocycles. The molecule has 0 radical (unpaired) electrons. The summed E-state index contributed by atoms with van der Waals surface area (Å²) in [5.41, 5.74) is 22.3. The summed E-state index contributed by atoms with van der Waals surface area (Å²) in [6.45, 7) is 3.91. The Labute approximate surface area is 158 Å². The van der Waals surface area contributed by atoms with Crippen LogP contribution in [0.3, 0.4) is 0 Å². The van der Waals surface area contributed by atoms with E-state index in [4.69, 9.17) is 29.6 Å². The molecule has 26 heavy (non-hydrogen) atoms. The third kappa shape index (κ3) is 8.80. The van der Waals surface area contributed by atoms with Crippen LogP contribution in [0.2, 0.25) is 0 Å². The summed E-state index contributed by atoms with van der Waals surface area (Å²) in [4.78, 5) is 10.5. The molecule has 1 aromatic heterocycles. The molecule has 0 aliphatic heterocycles. The number of nitrogens with two attached hydrogens (primary N) is 1. The van der Waals surface area contributed by atoms with E-state index in [1.54, 1.807) is 4.91 Å². The summed E-state index contributed by atoms with van der Waals surface area (Å²) >= 11 is 0. The lowest BCUT2D eigenvalue weighted by atomic mass is 10.2. The van der Waals surface area contributed by atoms with Crippen molar-refractivity contribution >= 4 is 16.7 Å². The van der Waals surface area contributed by atoms with E-state index in [0.717, 1.165) is 28.1 Å². The van der Waals surface area contributed by atoms with Crippen molar-refractivity contribution in [3.05, 3.63) is 40.0 Å². The number of hydrogen-bond donors (Lipinski definition) is 2. The van der Waals surface area contributed by atoms with Gasteiger partial charge >= 0.3 is 0 Å². The van der Waals surface area contributed by atoms with E-state index in [2.05, 4.69) is 57.3 Å². The quantitative estimate of drug-likeness (QED) is 0.247. The molecule has 2 rings (SSSR count). The normalized spacial score (nSPS) is 6.92. The summed E-state index contributed by atoms with van der Waals surface area (Å²) in [5.74, 6) is 18.4. The Balaban J connectivity index is -0.000000112. The minimum absolute atomic E-state index is 0. The lowest BCUT2D eigenvalue weighted by molar-refractivity contribution is 1.10. The van der Waals surface area contributed by atoms with Crippen molar-refractivity contribution in [2.24, 2.45) is 0 Å². The molecule has 0 amide bonds. The third-order valence-electron chi connectivity index (χ3n) is 2.56. The summed E-state index contributed by atoms with van der Waals surface area (Å²) in [5, 5.41) is 0. The highest BCUT2D eigenvalue weighted by molar-refractivity contribution is 5.78. The SMILES string of the molecule is C#CC#CC#CC#CC#C.Cc1nc2ccc(N)cc2nc1C.[HH].[HH].[HH].[HH].[N-]=[N+]=N. The van der Waals surface area contributed by atoms with Crippen LogP contribution in [0.25, 0.3) is 21.5 Å². The van der Waals surface area contributed by atoms with Gasteiger partial charge in [0.1, 0.15) is 0 Å². The van der Waals surface area contributed by atoms with E-state index >= 15 is 0 Å². The number of anilines is 1. The first-order valence-corrected chi connectivity index (χ1v) is 6.92. The maximum Gasteiger partial charge on any atom is 0.0910 e. The topological polar surface area (TPSA) is 112 Å². The average Bonchev–Trinajstić information content (AvgIpc) is 2.61. The Morgan fingerprint density at radius 1 is 0.962 bits per heavy atom. The predicted molar refractivity (Wildman–Crippen MR) is 112 cm³/mol. The molecule has 0 fully saturated rings. The van der Waals surface area contributed by atoms with Gasteiger partial charge in [-0.3, -0.25) is 0 Å². The Morgan fingerprint density at radius 2 is 1.38 bits per heavy atom. The van der Waals surface area contributed by atoms with Crippen LogP contribution in [0.15, 0.2) is 18.2 Å². The monoisotopic (exact) mass is 346 g/mol. The number of nitrogens with zero attached hydrogens (tertiary/aromatic N) is 4. The fourth-order valence-electron chi connectivity index (χ4n) is 1.44. The molecule has 0 unspecified atom stereocenters. The van der Waals surface area contributed by atoms with Crippen LogP contribution in [0, 0.1) is 79.6 Å². The van der Waals surface area contributed by atoms with Crippen molar-refractivity contribution in [2.45, 2.75) is 13.8 Å². The van der Waals surface area contributed by atoms with Crippen molar-refractivity contribution in [1.82, 2.24) is 9.97 Å². The van der Waals surface area contributed by atoms with Crippen LogP contribution in [0.1, 0.15) is 17.1 Å². The number of benzene rings is 1. The highest BCUT2D eigenvalue weighted by Crippen LogP contribution is 2.14. The molecule has 1 heterocycles. The van der Waals surface area contributed by atoms with E-state index in [1.807, 2.05) is 32.0 Å². The molecule has 6 nitrogen and oxygen atoms in total. The summed E-state index contributed by atoms with van der Waals surface area (Å²) in [6.07, 6.45) is 9.62. The molecule has 6 heteroatoms. The van der Waals surface area contributed by atoms with E-state index in [9.17, 15) is 0 Å². The van der Waals surface area contributed by atoms with Crippen LogP contribution >= 0.6 is 0 Å².